The molecule has 1 aromatic heterocycles. The predicted molar refractivity (Wildman–Crippen MR) is 135 cm³/mol. The molecule has 4 aromatic rings. The van der Waals surface area contributed by atoms with Crippen molar-refractivity contribution in [3.05, 3.63) is 122 Å². The number of hydrogen-bond donors (Lipinski definition) is 0. The zero-order valence-electron chi connectivity index (χ0n) is 18.6. The maximum absolute atomic E-state index is 13.7. The molecular weight excluding hydrogens is 494 g/mol. The number of fused-ring (bicyclic) bond motifs is 2. The molecule has 1 aliphatic heterocycles. The number of benzene rings is 3. The van der Waals surface area contributed by atoms with E-state index in [2.05, 4.69) is 22.5 Å². The van der Waals surface area contributed by atoms with Crippen LogP contribution in [-0.2, 0) is 6.54 Å². The van der Waals surface area contributed by atoms with Gasteiger partial charge in [-0.2, -0.15) is 0 Å². The Hall–Kier alpha value is -3.64. The quantitative estimate of drug-likeness (QED) is 0.288. The highest BCUT2D eigenvalue weighted by molar-refractivity contribution is 9.10. The zero-order chi connectivity index (χ0) is 23.8. The van der Waals surface area contributed by atoms with Gasteiger partial charge in [0, 0.05) is 11.0 Å². The van der Waals surface area contributed by atoms with E-state index in [1.54, 1.807) is 29.2 Å². The van der Waals surface area contributed by atoms with Crippen LogP contribution in [0.3, 0.4) is 0 Å². The molecular formula is C28H22BrNO4. The highest BCUT2D eigenvalue weighted by Gasteiger charge is 2.42. The van der Waals surface area contributed by atoms with Crippen molar-refractivity contribution in [2.24, 2.45) is 0 Å². The maximum Gasteiger partial charge on any atom is 0.291 e. The van der Waals surface area contributed by atoms with E-state index in [1.165, 1.54) is 0 Å². The first-order valence-electron chi connectivity index (χ1n) is 10.9. The number of ether oxygens (including phenoxy) is 1. The van der Waals surface area contributed by atoms with E-state index in [-0.39, 0.29) is 17.1 Å². The molecule has 170 valence electrons. The molecule has 5 nitrogen and oxygen atoms in total. The molecule has 0 radical (unpaired) electrons. The monoisotopic (exact) mass is 515 g/mol. The van der Waals surface area contributed by atoms with Crippen LogP contribution >= 0.6 is 15.9 Å². The van der Waals surface area contributed by atoms with Gasteiger partial charge in [-0.05, 0) is 48.4 Å². The fraction of sp³-hybridized carbons (Fsp3) is 0.143. The van der Waals surface area contributed by atoms with Crippen molar-refractivity contribution in [1.82, 2.24) is 4.90 Å². The van der Waals surface area contributed by atoms with Gasteiger partial charge in [-0.1, -0.05) is 70.5 Å². The Labute approximate surface area is 205 Å². The number of halogens is 1. The van der Waals surface area contributed by atoms with E-state index >= 15 is 0 Å². The highest BCUT2D eigenvalue weighted by atomic mass is 79.9. The molecule has 0 aliphatic carbocycles. The van der Waals surface area contributed by atoms with Gasteiger partial charge in [0.15, 0.2) is 5.43 Å². The molecule has 5 rings (SSSR count). The lowest BCUT2D eigenvalue weighted by atomic mass is 9.98. The number of carbonyl (C=O) groups excluding carboxylic acids is 1. The normalized spacial score (nSPS) is 14.9. The molecule has 1 atom stereocenters. The van der Waals surface area contributed by atoms with Gasteiger partial charge in [-0.3, -0.25) is 9.59 Å². The van der Waals surface area contributed by atoms with Crippen molar-refractivity contribution in [2.45, 2.75) is 19.5 Å². The summed E-state index contributed by atoms with van der Waals surface area (Å²) in [6, 6.07) is 20.1. The van der Waals surface area contributed by atoms with Gasteiger partial charge in [-0.15, -0.1) is 0 Å². The van der Waals surface area contributed by atoms with Gasteiger partial charge in [-0.25, -0.2) is 0 Å². The lowest BCUT2D eigenvalue weighted by Crippen LogP contribution is -2.29. The zero-order valence-corrected chi connectivity index (χ0v) is 20.2. The summed E-state index contributed by atoms with van der Waals surface area (Å²) in [6.45, 7) is 6.43. The van der Waals surface area contributed by atoms with E-state index in [0.29, 0.717) is 35.4 Å². The van der Waals surface area contributed by atoms with E-state index < -0.39 is 6.04 Å². The molecule has 3 aromatic carbocycles. The van der Waals surface area contributed by atoms with Gasteiger partial charge in [0.05, 0.1) is 17.0 Å². The topological polar surface area (TPSA) is 59.8 Å². The fourth-order valence-electron chi connectivity index (χ4n) is 4.29. The predicted octanol–water partition coefficient (Wildman–Crippen LogP) is 6.17. The van der Waals surface area contributed by atoms with E-state index in [4.69, 9.17) is 9.15 Å². The van der Waals surface area contributed by atoms with Crippen molar-refractivity contribution >= 4 is 32.8 Å². The van der Waals surface area contributed by atoms with Crippen molar-refractivity contribution < 1.29 is 13.9 Å². The third kappa shape index (κ3) is 3.94. The van der Waals surface area contributed by atoms with Crippen molar-refractivity contribution in [3.8, 4) is 5.75 Å². The van der Waals surface area contributed by atoms with Crippen molar-refractivity contribution in [1.29, 1.82) is 0 Å². The van der Waals surface area contributed by atoms with Gasteiger partial charge in [0.2, 0.25) is 5.76 Å². The molecule has 0 saturated heterocycles. The maximum atomic E-state index is 13.7. The molecule has 1 unspecified atom stereocenters. The molecule has 34 heavy (non-hydrogen) atoms. The molecule has 0 fully saturated rings. The standard InChI is InChI=1S/C28H22BrNO4/c1-3-14-33-21-11-8-19(9-12-21)25-24-26(31)22-15-20(29)10-13-23(22)34-27(24)28(32)30(25)16-18-6-4-17(2)5-7-18/h3-13,15,25H,1,14,16H2,2H3. The molecule has 2 heterocycles. The Balaban J connectivity index is 1.65. The number of hydrogen-bond acceptors (Lipinski definition) is 4. The molecule has 1 amide bonds. The van der Waals surface area contributed by atoms with Crippen molar-refractivity contribution in [3.63, 3.8) is 0 Å². The lowest BCUT2D eigenvalue weighted by Gasteiger charge is -2.25. The second-order valence-corrected chi connectivity index (χ2v) is 9.22. The number of nitrogens with zero attached hydrogens (tertiary/aromatic N) is 1. The molecule has 0 N–H and O–H groups in total. The molecule has 0 spiro atoms. The van der Waals surface area contributed by atoms with Crippen LogP contribution < -0.4 is 10.2 Å². The summed E-state index contributed by atoms with van der Waals surface area (Å²) in [7, 11) is 0. The van der Waals surface area contributed by atoms with Crippen LogP contribution in [0, 0.1) is 6.92 Å². The summed E-state index contributed by atoms with van der Waals surface area (Å²) < 4.78 is 12.4. The summed E-state index contributed by atoms with van der Waals surface area (Å²) in [5.41, 5.74) is 3.48. The number of carbonyl (C=O) groups is 1. The second-order valence-electron chi connectivity index (χ2n) is 8.30. The Bertz CT molecular complexity index is 1460. The van der Waals surface area contributed by atoms with E-state index in [1.807, 2.05) is 55.5 Å². The van der Waals surface area contributed by atoms with Gasteiger partial charge >= 0.3 is 0 Å². The molecule has 6 heteroatoms. The van der Waals surface area contributed by atoms with Gasteiger partial charge in [0.1, 0.15) is 17.9 Å². The number of aryl methyl sites for hydroxylation is 1. The summed E-state index contributed by atoms with van der Waals surface area (Å²) in [5, 5.41) is 0.439. The number of rotatable bonds is 6. The van der Waals surface area contributed by atoms with Crippen LogP contribution in [0.15, 0.2) is 93.1 Å². The molecule has 0 saturated carbocycles. The Morgan fingerprint density at radius 3 is 2.50 bits per heavy atom. The minimum atomic E-state index is -0.572. The summed E-state index contributed by atoms with van der Waals surface area (Å²) >= 11 is 3.43. The van der Waals surface area contributed by atoms with Gasteiger partial charge in [0.25, 0.3) is 5.91 Å². The Kier molecular flexibility index (Phi) is 5.84. The van der Waals surface area contributed by atoms with Crippen LogP contribution in [-0.4, -0.2) is 17.4 Å². The average Bonchev–Trinajstić information content (AvgIpc) is 3.11. The van der Waals surface area contributed by atoms with Crippen LogP contribution in [0.2, 0.25) is 0 Å². The van der Waals surface area contributed by atoms with Crippen LogP contribution in [0.1, 0.15) is 38.9 Å². The number of amides is 1. The van der Waals surface area contributed by atoms with Crippen LogP contribution in [0.25, 0.3) is 11.0 Å². The lowest BCUT2D eigenvalue weighted by molar-refractivity contribution is 0.0714. The average molecular weight is 516 g/mol. The fourth-order valence-corrected chi connectivity index (χ4v) is 4.65. The molecule has 0 bridgehead atoms. The smallest absolute Gasteiger partial charge is 0.291 e. The Morgan fingerprint density at radius 1 is 1.06 bits per heavy atom. The molecule has 1 aliphatic rings. The van der Waals surface area contributed by atoms with E-state index in [0.717, 1.165) is 21.2 Å². The largest absolute Gasteiger partial charge is 0.490 e. The third-order valence-corrected chi connectivity index (χ3v) is 6.46. The summed E-state index contributed by atoms with van der Waals surface area (Å²) in [6.07, 6.45) is 1.68. The highest BCUT2D eigenvalue weighted by Crippen LogP contribution is 2.39. The van der Waals surface area contributed by atoms with E-state index in [9.17, 15) is 9.59 Å². The first kappa shape index (κ1) is 22.2. The van der Waals surface area contributed by atoms with Crippen LogP contribution in [0.5, 0.6) is 5.75 Å². The van der Waals surface area contributed by atoms with Crippen LogP contribution in [0.4, 0.5) is 0 Å². The van der Waals surface area contributed by atoms with Gasteiger partial charge < -0.3 is 14.1 Å². The first-order chi connectivity index (χ1) is 16.5. The SMILES string of the molecule is C=CCOc1ccc(C2c3c(oc4ccc(Br)cc4c3=O)C(=O)N2Cc2ccc(C)cc2)cc1. The third-order valence-electron chi connectivity index (χ3n) is 5.96. The minimum Gasteiger partial charge on any atom is -0.490 e. The van der Waals surface area contributed by atoms with Crippen molar-refractivity contribution in [2.75, 3.05) is 6.61 Å². The minimum absolute atomic E-state index is 0.101. The first-order valence-corrected chi connectivity index (χ1v) is 11.7. The summed E-state index contributed by atoms with van der Waals surface area (Å²) in [5.74, 6) is 0.492. The Morgan fingerprint density at radius 2 is 1.79 bits per heavy atom. The summed E-state index contributed by atoms with van der Waals surface area (Å²) in [4.78, 5) is 28.9. The second kappa shape index (κ2) is 8.95.